The number of halogens is 3. The molecule has 0 aliphatic carbocycles. The molecule has 2 saturated heterocycles. The van der Waals surface area contributed by atoms with Crippen molar-refractivity contribution in [2.75, 3.05) is 18.4 Å². The van der Waals surface area contributed by atoms with Gasteiger partial charge in [0.15, 0.2) is 0 Å². The van der Waals surface area contributed by atoms with E-state index >= 15 is 0 Å². The first-order valence-corrected chi connectivity index (χ1v) is 8.00. The van der Waals surface area contributed by atoms with Gasteiger partial charge < -0.3 is 15.4 Å². The molecular weight excluding hydrogens is 315 g/mol. The van der Waals surface area contributed by atoms with E-state index in [1.807, 2.05) is 13.8 Å². The lowest BCUT2D eigenvalue weighted by Gasteiger charge is -2.33. The van der Waals surface area contributed by atoms with Gasteiger partial charge in [-0.3, -0.25) is 0 Å². The van der Waals surface area contributed by atoms with Crippen molar-refractivity contribution in [3.63, 3.8) is 0 Å². The van der Waals surface area contributed by atoms with Gasteiger partial charge in [-0.25, -0.2) is 4.98 Å². The highest BCUT2D eigenvalue weighted by atomic mass is 32.2. The van der Waals surface area contributed by atoms with Gasteiger partial charge in [0.2, 0.25) is 0 Å². The molecule has 0 spiro atoms. The summed E-state index contributed by atoms with van der Waals surface area (Å²) in [5, 5.41) is 6.57. The zero-order valence-corrected chi connectivity index (χ0v) is 13.1. The standard InChI is InChI=1S/C14H18F3N3OS/c1-13(2)21-9-7-18-6-8(12(9)22-13)19-11-5-3-4-10(20-11)14(15,16)17/h3-5,8-9,12,18H,6-7H2,1-2H3,(H,19,20)/t8-,9-,12+/m0/s1. The molecule has 2 aliphatic heterocycles. The third-order valence-corrected chi connectivity index (χ3v) is 5.27. The van der Waals surface area contributed by atoms with E-state index in [-0.39, 0.29) is 28.1 Å². The van der Waals surface area contributed by atoms with Crippen LogP contribution in [0.15, 0.2) is 18.2 Å². The summed E-state index contributed by atoms with van der Waals surface area (Å²) in [6.07, 6.45) is -4.38. The second kappa shape index (κ2) is 5.58. The largest absolute Gasteiger partial charge is 0.433 e. The number of alkyl halides is 3. The van der Waals surface area contributed by atoms with Crippen LogP contribution in [0.1, 0.15) is 19.5 Å². The van der Waals surface area contributed by atoms with E-state index in [9.17, 15) is 13.2 Å². The van der Waals surface area contributed by atoms with Crippen molar-refractivity contribution in [2.24, 2.45) is 0 Å². The average molecular weight is 333 g/mol. The molecule has 4 nitrogen and oxygen atoms in total. The van der Waals surface area contributed by atoms with Gasteiger partial charge in [0.05, 0.1) is 17.4 Å². The van der Waals surface area contributed by atoms with Crippen LogP contribution in [0.3, 0.4) is 0 Å². The number of hydrogen-bond acceptors (Lipinski definition) is 5. The van der Waals surface area contributed by atoms with Crippen LogP contribution in [-0.4, -0.2) is 40.4 Å². The molecule has 3 rings (SSSR count). The molecule has 0 aromatic carbocycles. The Morgan fingerprint density at radius 1 is 1.36 bits per heavy atom. The number of pyridine rings is 1. The van der Waals surface area contributed by atoms with Crippen molar-refractivity contribution in [2.45, 2.75) is 42.4 Å². The molecule has 0 unspecified atom stereocenters. The molecular formula is C14H18F3N3OS. The Morgan fingerprint density at radius 2 is 2.14 bits per heavy atom. The van der Waals surface area contributed by atoms with Crippen LogP contribution >= 0.6 is 11.8 Å². The number of rotatable bonds is 2. The van der Waals surface area contributed by atoms with Crippen molar-refractivity contribution in [3.8, 4) is 0 Å². The minimum Gasteiger partial charge on any atom is -0.365 e. The topological polar surface area (TPSA) is 46.2 Å². The van der Waals surface area contributed by atoms with Gasteiger partial charge in [-0.2, -0.15) is 13.2 Å². The van der Waals surface area contributed by atoms with Crippen molar-refractivity contribution in [1.82, 2.24) is 10.3 Å². The van der Waals surface area contributed by atoms with E-state index in [0.717, 1.165) is 12.6 Å². The zero-order chi connectivity index (χ0) is 16.0. The minimum atomic E-state index is -4.43. The maximum atomic E-state index is 12.7. The molecule has 0 bridgehead atoms. The summed E-state index contributed by atoms with van der Waals surface area (Å²) < 4.78 is 44.2. The Balaban J connectivity index is 1.75. The first kappa shape index (κ1) is 15.9. The summed E-state index contributed by atoms with van der Waals surface area (Å²) in [6, 6.07) is 3.88. The average Bonchev–Trinajstić information content (AvgIpc) is 2.73. The number of nitrogens with one attached hydrogen (secondary N) is 2. The van der Waals surface area contributed by atoms with Gasteiger partial charge in [-0.15, -0.1) is 11.8 Å². The van der Waals surface area contributed by atoms with E-state index < -0.39 is 11.9 Å². The van der Waals surface area contributed by atoms with Crippen LogP contribution in [0.2, 0.25) is 0 Å². The van der Waals surface area contributed by atoms with E-state index in [4.69, 9.17) is 4.74 Å². The quantitative estimate of drug-likeness (QED) is 0.871. The molecule has 1 aromatic heterocycles. The smallest absolute Gasteiger partial charge is 0.365 e. The predicted octanol–water partition coefficient (Wildman–Crippen LogP) is 2.72. The Bertz CT molecular complexity index is 552. The SMILES string of the molecule is CC1(C)O[C@H]2CNC[C@H](Nc3cccc(C(F)(F)F)n3)[C@H]2S1. The Morgan fingerprint density at radius 3 is 2.86 bits per heavy atom. The van der Waals surface area contributed by atoms with Crippen LogP contribution in [-0.2, 0) is 10.9 Å². The molecule has 2 aliphatic rings. The fourth-order valence-corrected chi connectivity index (χ4v) is 4.32. The van der Waals surface area contributed by atoms with Crippen molar-refractivity contribution < 1.29 is 17.9 Å². The van der Waals surface area contributed by atoms with Crippen LogP contribution in [0.5, 0.6) is 0 Å². The highest BCUT2D eigenvalue weighted by molar-refractivity contribution is 8.01. The van der Waals surface area contributed by atoms with Crippen molar-refractivity contribution in [3.05, 3.63) is 23.9 Å². The van der Waals surface area contributed by atoms with Crippen LogP contribution in [0.4, 0.5) is 19.0 Å². The highest BCUT2D eigenvalue weighted by Gasteiger charge is 2.46. The third-order valence-electron chi connectivity index (χ3n) is 3.70. The van der Waals surface area contributed by atoms with E-state index in [2.05, 4.69) is 15.6 Å². The number of fused-ring (bicyclic) bond motifs is 1. The minimum absolute atomic E-state index is 0.0264. The third kappa shape index (κ3) is 3.33. The van der Waals surface area contributed by atoms with E-state index in [0.29, 0.717) is 6.54 Å². The second-order valence-electron chi connectivity index (χ2n) is 5.95. The van der Waals surface area contributed by atoms with Gasteiger partial charge in [0, 0.05) is 13.1 Å². The lowest BCUT2D eigenvalue weighted by molar-refractivity contribution is -0.141. The molecule has 8 heteroatoms. The fraction of sp³-hybridized carbons (Fsp3) is 0.643. The van der Waals surface area contributed by atoms with Crippen LogP contribution in [0, 0.1) is 0 Å². The Hall–Kier alpha value is -0.990. The number of ether oxygens (including phenoxy) is 1. The molecule has 3 atom stereocenters. The number of aromatic nitrogens is 1. The van der Waals surface area contributed by atoms with Crippen molar-refractivity contribution >= 4 is 17.6 Å². The lowest BCUT2D eigenvalue weighted by atomic mass is 10.0. The number of thioether (sulfide) groups is 1. The monoisotopic (exact) mass is 333 g/mol. The normalized spacial score (nSPS) is 30.9. The molecule has 2 fully saturated rings. The lowest BCUT2D eigenvalue weighted by Crippen LogP contribution is -2.53. The number of nitrogens with zero attached hydrogens (tertiary/aromatic N) is 1. The van der Waals surface area contributed by atoms with Gasteiger partial charge in [0.1, 0.15) is 16.4 Å². The van der Waals surface area contributed by atoms with Gasteiger partial charge in [0.25, 0.3) is 0 Å². The maximum absolute atomic E-state index is 12.7. The molecule has 1 aromatic rings. The summed E-state index contributed by atoms with van der Waals surface area (Å²) in [7, 11) is 0. The van der Waals surface area contributed by atoms with Crippen LogP contribution < -0.4 is 10.6 Å². The summed E-state index contributed by atoms with van der Waals surface area (Å²) >= 11 is 1.71. The molecule has 122 valence electrons. The fourth-order valence-electron chi connectivity index (χ4n) is 2.86. The summed E-state index contributed by atoms with van der Waals surface area (Å²) in [6.45, 7) is 5.45. The van der Waals surface area contributed by atoms with Gasteiger partial charge >= 0.3 is 6.18 Å². The molecule has 0 amide bonds. The van der Waals surface area contributed by atoms with Crippen LogP contribution in [0.25, 0.3) is 0 Å². The summed E-state index contributed by atoms with van der Waals surface area (Å²) in [5.41, 5.74) is -0.881. The van der Waals surface area contributed by atoms with E-state index in [1.54, 1.807) is 17.8 Å². The highest BCUT2D eigenvalue weighted by Crippen LogP contribution is 2.44. The molecule has 3 heterocycles. The number of piperidine rings is 1. The second-order valence-corrected chi connectivity index (χ2v) is 7.72. The summed E-state index contributed by atoms with van der Waals surface area (Å²) in [4.78, 5) is 3.40. The first-order valence-electron chi connectivity index (χ1n) is 7.12. The van der Waals surface area contributed by atoms with E-state index in [1.165, 1.54) is 6.07 Å². The zero-order valence-electron chi connectivity index (χ0n) is 12.3. The van der Waals surface area contributed by atoms with Gasteiger partial charge in [-0.05, 0) is 26.0 Å². The Kier molecular flexibility index (Phi) is 4.03. The molecule has 0 radical (unpaired) electrons. The number of hydrogen-bond donors (Lipinski definition) is 2. The maximum Gasteiger partial charge on any atom is 0.433 e. The van der Waals surface area contributed by atoms with Crippen molar-refractivity contribution in [1.29, 1.82) is 0 Å². The first-order chi connectivity index (χ1) is 10.2. The Labute approximate surface area is 131 Å². The molecule has 0 saturated carbocycles. The molecule has 2 N–H and O–H groups in total. The number of anilines is 1. The molecule has 22 heavy (non-hydrogen) atoms. The predicted molar refractivity (Wildman–Crippen MR) is 79.9 cm³/mol. The summed E-state index contributed by atoms with van der Waals surface area (Å²) in [5.74, 6) is 0.243. The van der Waals surface area contributed by atoms with Gasteiger partial charge in [-0.1, -0.05) is 6.07 Å².